The van der Waals surface area contributed by atoms with Crippen LogP contribution in [0, 0.1) is 6.92 Å². The van der Waals surface area contributed by atoms with Crippen LogP contribution in [0.3, 0.4) is 0 Å². The Bertz CT molecular complexity index is 910. The molecular weight excluding hydrogens is 338 g/mol. The molecule has 3 aromatic rings. The lowest BCUT2D eigenvalue weighted by Crippen LogP contribution is -2.03. The van der Waals surface area contributed by atoms with Gasteiger partial charge in [-0.1, -0.05) is 11.6 Å². The number of benzene rings is 1. The zero-order chi connectivity index (χ0) is 16.6. The van der Waals surface area contributed by atoms with Gasteiger partial charge >= 0.3 is 5.97 Å². The van der Waals surface area contributed by atoms with Crippen molar-refractivity contribution in [3.8, 4) is 5.75 Å². The smallest absolute Gasteiger partial charge is 0.339 e. The number of aromatic nitrogens is 2. The van der Waals surface area contributed by atoms with Crippen molar-refractivity contribution in [3.05, 3.63) is 40.0 Å². The van der Waals surface area contributed by atoms with Gasteiger partial charge in [0, 0.05) is 10.9 Å². The van der Waals surface area contributed by atoms with E-state index in [1.807, 2.05) is 13.0 Å². The highest BCUT2D eigenvalue weighted by molar-refractivity contribution is 7.18. The van der Waals surface area contributed by atoms with Gasteiger partial charge in [-0.05, 0) is 19.1 Å². The van der Waals surface area contributed by atoms with Crippen molar-refractivity contribution in [2.45, 2.75) is 6.92 Å². The Morgan fingerprint density at radius 3 is 2.83 bits per heavy atom. The maximum atomic E-state index is 11.2. The molecule has 2 N–H and O–H groups in total. The van der Waals surface area contributed by atoms with Crippen LogP contribution in [0.4, 0.5) is 11.5 Å². The highest BCUT2D eigenvalue weighted by Crippen LogP contribution is 2.35. The van der Waals surface area contributed by atoms with Crippen molar-refractivity contribution in [3.63, 3.8) is 0 Å². The second-order valence-corrected chi connectivity index (χ2v) is 6.40. The predicted octanol–water partition coefficient (Wildman–Crippen LogP) is 4.10. The maximum absolute atomic E-state index is 11.2. The fourth-order valence-corrected chi connectivity index (χ4v) is 3.25. The predicted molar refractivity (Wildman–Crippen MR) is 90.4 cm³/mol. The van der Waals surface area contributed by atoms with E-state index >= 15 is 0 Å². The molecule has 0 unspecified atom stereocenters. The van der Waals surface area contributed by atoms with Crippen LogP contribution in [0.2, 0.25) is 5.02 Å². The molecule has 0 radical (unpaired) electrons. The molecule has 6 nitrogen and oxygen atoms in total. The average Bonchev–Trinajstić information content (AvgIpc) is 2.90. The number of nitrogens with zero attached hydrogens (tertiary/aromatic N) is 2. The summed E-state index contributed by atoms with van der Waals surface area (Å²) in [6.07, 6.45) is 1.47. The standard InChI is InChI=1S/C15H12ClN3O3S/c1-7-3-9-13(17-6-18-14(9)23-7)19-11-5-12(22-2)8(15(20)21)4-10(11)16/h3-6H,1-2H3,(H,20,21)(H,17,18,19). The van der Waals surface area contributed by atoms with E-state index in [2.05, 4.69) is 15.3 Å². The Morgan fingerprint density at radius 2 is 2.13 bits per heavy atom. The van der Waals surface area contributed by atoms with E-state index in [1.165, 1.54) is 19.5 Å². The highest BCUT2D eigenvalue weighted by atomic mass is 35.5. The molecule has 0 saturated heterocycles. The van der Waals surface area contributed by atoms with Crippen LogP contribution >= 0.6 is 22.9 Å². The number of carboxylic acids is 1. The minimum Gasteiger partial charge on any atom is -0.496 e. The maximum Gasteiger partial charge on any atom is 0.339 e. The third-order valence-corrected chi connectivity index (χ3v) is 4.50. The first-order chi connectivity index (χ1) is 11.0. The van der Waals surface area contributed by atoms with Crippen molar-refractivity contribution in [1.82, 2.24) is 9.97 Å². The molecule has 1 aromatic carbocycles. The van der Waals surface area contributed by atoms with Crippen molar-refractivity contribution < 1.29 is 14.6 Å². The number of halogens is 1. The van der Waals surface area contributed by atoms with Crippen LogP contribution in [0.15, 0.2) is 24.5 Å². The first kappa shape index (κ1) is 15.5. The molecule has 0 atom stereocenters. The highest BCUT2D eigenvalue weighted by Gasteiger charge is 2.16. The van der Waals surface area contributed by atoms with Crippen LogP contribution in [-0.4, -0.2) is 28.2 Å². The summed E-state index contributed by atoms with van der Waals surface area (Å²) < 4.78 is 5.12. The van der Waals surface area contributed by atoms with E-state index in [0.717, 1.165) is 15.1 Å². The van der Waals surface area contributed by atoms with Crippen molar-refractivity contribution in [1.29, 1.82) is 0 Å². The first-order valence-electron chi connectivity index (χ1n) is 6.58. The number of aryl methyl sites for hydroxylation is 1. The van der Waals surface area contributed by atoms with Gasteiger partial charge in [0.05, 0.1) is 23.2 Å². The van der Waals surface area contributed by atoms with Gasteiger partial charge in [-0.25, -0.2) is 14.8 Å². The molecule has 0 fully saturated rings. The number of fused-ring (bicyclic) bond motifs is 1. The molecule has 0 aliphatic heterocycles. The summed E-state index contributed by atoms with van der Waals surface area (Å²) in [5.74, 6) is -0.282. The van der Waals surface area contributed by atoms with Gasteiger partial charge in [0.1, 0.15) is 28.3 Å². The minimum absolute atomic E-state index is 0.00209. The number of ether oxygens (including phenoxy) is 1. The fraction of sp³-hybridized carbons (Fsp3) is 0.133. The average molecular weight is 350 g/mol. The second-order valence-electron chi connectivity index (χ2n) is 4.76. The molecule has 23 heavy (non-hydrogen) atoms. The summed E-state index contributed by atoms with van der Waals surface area (Å²) in [4.78, 5) is 21.7. The van der Waals surface area contributed by atoms with Crippen LogP contribution in [0.1, 0.15) is 15.2 Å². The summed E-state index contributed by atoms with van der Waals surface area (Å²) >= 11 is 7.76. The zero-order valence-electron chi connectivity index (χ0n) is 12.3. The van der Waals surface area contributed by atoms with Gasteiger partial charge in [0.2, 0.25) is 0 Å². The van der Waals surface area contributed by atoms with Crippen molar-refractivity contribution in [2.75, 3.05) is 12.4 Å². The number of rotatable bonds is 4. The number of carboxylic acid groups (broad SMARTS) is 1. The third-order valence-electron chi connectivity index (χ3n) is 3.23. The Morgan fingerprint density at radius 1 is 1.35 bits per heavy atom. The molecule has 2 aromatic heterocycles. The Hall–Kier alpha value is -2.38. The number of aromatic carboxylic acids is 1. The first-order valence-corrected chi connectivity index (χ1v) is 7.78. The normalized spacial score (nSPS) is 10.7. The zero-order valence-corrected chi connectivity index (χ0v) is 13.8. The van der Waals surface area contributed by atoms with E-state index in [0.29, 0.717) is 11.5 Å². The summed E-state index contributed by atoms with van der Waals surface area (Å²) in [5, 5.41) is 13.4. The van der Waals surface area contributed by atoms with E-state index in [9.17, 15) is 4.79 Å². The molecule has 0 spiro atoms. The second kappa shape index (κ2) is 6.02. The molecule has 3 rings (SSSR count). The van der Waals surface area contributed by atoms with E-state index < -0.39 is 5.97 Å². The van der Waals surface area contributed by atoms with Crippen molar-refractivity contribution in [2.24, 2.45) is 0 Å². The third kappa shape index (κ3) is 2.93. The van der Waals surface area contributed by atoms with Crippen LogP contribution in [0.5, 0.6) is 5.75 Å². The van der Waals surface area contributed by atoms with E-state index in [-0.39, 0.29) is 16.3 Å². The largest absolute Gasteiger partial charge is 0.496 e. The number of thiophene rings is 1. The molecule has 0 aliphatic carbocycles. The van der Waals surface area contributed by atoms with Crippen molar-refractivity contribution >= 4 is 50.6 Å². The fourth-order valence-electron chi connectivity index (χ4n) is 2.19. The van der Waals surface area contributed by atoms with Gasteiger partial charge in [0.25, 0.3) is 0 Å². The van der Waals surface area contributed by atoms with Gasteiger partial charge in [-0.2, -0.15) is 0 Å². The summed E-state index contributed by atoms with van der Waals surface area (Å²) in [6.45, 7) is 1.99. The molecule has 118 valence electrons. The molecule has 0 bridgehead atoms. The summed E-state index contributed by atoms with van der Waals surface area (Å²) in [6, 6.07) is 4.88. The number of anilines is 2. The number of nitrogens with one attached hydrogen (secondary N) is 1. The number of methoxy groups -OCH3 is 1. The van der Waals surface area contributed by atoms with Gasteiger partial charge < -0.3 is 15.2 Å². The van der Waals surface area contributed by atoms with E-state index in [1.54, 1.807) is 17.4 Å². The van der Waals surface area contributed by atoms with Gasteiger partial charge in [0.15, 0.2) is 0 Å². The lowest BCUT2D eigenvalue weighted by Gasteiger charge is -2.12. The number of carbonyl (C=O) groups is 1. The SMILES string of the molecule is COc1cc(Nc2ncnc3sc(C)cc23)c(Cl)cc1C(=O)O. The monoisotopic (exact) mass is 349 g/mol. The molecule has 0 amide bonds. The topological polar surface area (TPSA) is 84.3 Å². The van der Waals surface area contributed by atoms with Crippen LogP contribution < -0.4 is 10.1 Å². The van der Waals surface area contributed by atoms with E-state index in [4.69, 9.17) is 21.4 Å². The molecule has 8 heteroatoms. The Labute approximate surface area is 140 Å². The molecular formula is C15H12ClN3O3S. The van der Waals surface area contributed by atoms with Crippen LogP contribution in [-0.2, 0) is 0 Å². The lowest BCUT2D eigenvalue weighted by atomic mass is 10.1. The summed E-state index contributed by atoms with van der Waals surface area (Å²) in [5.41, 5.74) is 0.514. The molecule has 0 aliphatic rings. The van der Waals surface area contributed by atoms with Gasteiger partial charge in [-0.15, -0.1) is 11.3 Å². The quantitative estimate of drug-likeness (QED) is 0.737. The Kier molecular flexibility index (Phi) is 4.06. The molecule has 2 heterocycles. The lowest BCUT2D eigenvalue weighted by molar-refractivity contribution is 0.0693. The number of hydrogen-bond donors (Lipinski definition) is 2. The van der Waals surface area contributed by atoms with Gasteiger partial charge in [-0.3, -0.25) is 0 Å². The summed E-state index contributed by atoms with van der Waals surface area (Å²) in [7, 11) is 1.41. The number of hydrogen-bond acceptors (Lipinski definition) is 6. The van der Waals surface area contributed by atoms with Crippen LogP contribution in [0.25, 0.3) is 10.2 Å². The Balaban J connectivity index is 2.06. The minimum atomic E-state index is -1.10. The molecule has 0 saturated carbocycles.